The van der Waals surface area contributed by atoms with Crippen molar-refractivity contribution in [2.75, 3.05) is 19.3 Å². The summed E-state index contributed by atoms with van der Waals surface area (Å²) in [5, 5.41) is 1.18. The Hall–Kier alpha value is -1.51. The van der Waals surface area contributed by atoms with E-state index in [0.717, 1.165) is 17.0 Å². The molecule has 3 heterocycles. The lowest BCUT2D eigenvalue weighted by Crippen LogP contribution is -2.38. The minimum Gasteiger partial charge on any atom is -0.338 e. The molecule has 1 fully saturated rings. The second kappa shape index (κ2) is 7.25. The van der Waals surface area contributed by atoms with Crippen LogP contribution < -0.4 is 0 Å². The van der Waals surface area contributed by atoms with Gasteiger partial charge in [0.05, 0.1) is 26.3 Å². The molecule has 9 heteroatoms. The van der Waals surface area contributed by atoms with Gasteiger partial charge in [0, 0.05) is 31.5 Å². The summed E-state index contributed by atoms with van der Waals surface area (Å²) >= 11 is 7.34. The lowest BCUT2D eigenvalue weighted by molar-refractivity contribution is 0.0715. The van der Waals surface area contributed by atoms with Gasteiger partial charge in [0.1, 0.15) is 4.88 Å². The number of hydrogen-bond acceptors (Lipinski definition) is 6. The molecule has 0 bridgehead atoms. The zero-order valence-electron chi connectivity index (χ0n) is 14.8. The topological polar surface area (TPSA) is 80.2 Å². The van der Waals surface area contributed by atoms with Gasteiger partial charge >= 0.3 is 0 Å². The van der Waals surface area contributed by atoms with E-state index in [-0.39, 0.29) is 16.7 Å². The third-order valence-corrected chi connectivity index (χ3v) is 6.91. The van der Waals surface area contributed by atoms with Crippen LogP contribution in [-0.2, 0) is 9.84 Å². The standard InChI is InChI=1S/C17H20ClN3O3S2/c1-10-16(25-11(2)20-10)17(22)21-6-4-12(5-7-21)15-14(26(3,23)24)8-13(18)9-19-15/h8-9,12H,4-7H2,1-3H3. The molecule has 1 aliphatic rings. The maximum atomic E-state index is 12.7. The second-order valence-electron chi connectivity index (χ2n) is 6.52. The number of thiazole rings is 1. The van der Waals surface area contributed by atoms with E-state index in [1.54, 1.807) is 0 Å². The molecule has 0 aliphatic carbocycles. The zero-order valence-corrected chi connectivity index (χ0v) is 17.2. The average Bonchev–Trinajstić information content (AvgIpc) is 2.92. The molecule has 6 nitrogen and oxygen atoms in total. The van der Waals surface area contributed by atoms with Crippen LogP contribution in [0.5, 0.6) is 0 Å². The van der Waals surface area contributed by atoms with Gasteiger partial charge in [-0.1, -0.05) is 11.6 Å². The Labute approximate surface area is 162 Å². The van der Waals surface area contributed by atoms with Crippen LogP contribution in [0.1, 0.15) is 44.8 Å². The fourth-order valence-electron chi connectivity index (χ4n) is 3.26. The Morgan fingerprint density at radius 1 is 1.31 bits per heavy atom. The number of carbonyl (C=O) groups excluding carboxylic acids is 1. The smallest absolute Gasteiger partial charge is 0.265 e. The van der Waals surface area contributed by atoms with Crippen LogP contribution in [0.3, 0.4) is 0 Å². The first-order chi connectivity index (χ1) is 12.2. The monoisotopic (exact) mass is 413 g/mol. The minimum absolute atomic E-state index is 0.000971. The summed E-state index contributed by atoms with van der Waals surface area (Å²) in [4.78, 5) is 24.0. The predicted octanol–water partition coefficient (Wildman–Crippen LogP) is 3.23. The molecule has 1 amide bonds. The van der Waals surface area contributed by atoms with Gasteiger partial charge in [-0.25, -0.2) is 13.4 Å². The van der Waals surface area contributed by atoms with E-state index in [0.29, 0.717) is 41.5 Å². The maximum Gasteiger partial charge on any atom is 0.265 e. The Balaban J connectivity index is 1.77. The number of pyridine rings is 1. The van der Waals surface area contributed by atoms with E-state index in [2.05, 4.69) is 9.97 Å². The van der Waals surface area contributed by atoms with E-state index in [4.69, 9.17) is 11.6 Å². The highest BCUT2D eigenvalue weighted by Crippen LogP contribution is 2.33. The number of aryl methyl sites for hydroxylation is 2. The van der Waals surface area contributed by atoms with Crippen molar-refractivity contribution in [3.8, 4) is 0 Å². The fourth-order valence-corrected chi connectivity index (χ4v) is 5.31. The van der Waals surface area contributed by atoms with Crippen molar-refractivity contribution in [2.24, 2.45) is 0 Å². The first kappa shape index (κ1) is 19.3. The molecular formula is C17H20ClN3O3S2. The Morgan fingerprint density at radius 2 is 1.96 bits per heavy atom. The lowest BCUT2D eigenvalue weighted by atomic mass is 9.93. The third-order valence-electron chi connectivity index (χ3n) is 4.51. The highest BCUT2D eigenvalue weighted by Gasteiger charge is 2.30. The van der Waals surface area contributed by atoms with Gasteiger partial charge in [0.2, 0.25) is 0 Å². The number of likely N-dealkylation sites (tertiary alicyclic amines) is 1. The van der Waals surface area contributed by atoms with Gasteiger partial charge in [0.15, 0.2) is 9.84 Å². The summed E-state index contributed by atoms with van der Waals surface area (Å²) in [5.41, 5.74) is 1.31. The van der Waals surface area contributed by atoms with Gasteiger partial charge in [-0.3, -0.25) is 9.78 Å². The first-order valence-electron chi connectivity index (χ1n) is 8.25. The molecule has 0 radical (unpaired) electrons. The average molecular weight is 414 g/mol. The van der Waals surface area contributed by atoms with Gasteiger partial charge < -0.3 is 4.90 Å². The largest absolute Gasteiger partial charge is 0.338 e. The molecule has 0 saturated carbocycles. The third kappa shape index (κ3) is 3.92. The van der Waals surface area contributed by atoms with E-state index < -0.39 is 9.84 Å². The SMILES string of the molecule is Cc1nc(C)c(C(=O)N2CCC(c3ncc(Cl)cc3S(C)(=O)=O)CC2)s1. The molecule has 0 aromatic carbocycles. The molecule has 0 N–H and O–H groups in total. The predicted molar refractivity (Wildman–Crippen MR) is 102 cm³/mol. The summed E-state index contributed by atoms with van der Waals surface area (Å²) < 4.78 is 24.2. The molecule has 1 aliphatic heterocycles. The molecule has 140 valence electrons. The van der Waals surface area contributed by atoms with Crippen molar-refractivity contribution in [3.63, 3.8) is 0 Å². The van der Waals surface area contributed by atoms with Crippen molar-refractivity contribution in [2.45, 2.75) is 37.5 Å². The molecule has 26 heavy (non-hydrogen) atoms. The highest BCUT2D eigenvalue weighted by molar-refractivity contribution is 7.90. The molecule has 3 rings (SSSR count). The summed E-state index contributed by atoms with van der Waals surface area (Å²) in [6, 6.07) is 1.46. The van der Waals surface area contributed by atoms with Gasteiger partial charge in [-0.15, -0.1) is 11.3 Å². The fraction of sp³-hybridized carbons (Fsp3) is 0.471. The van der Waals surface area contributed by atoms with Crippen LogP contribution >= 0.6 is 22.9 Å². The molecule has 2 aromatic heterocycles. The summed E-state index contributed by atoms with van der Waals surface area (Å²) in [7, 11) is -3.42. The normalized spacial score (nSPS) is 16.1. The van der Waals surface area contributed by atoms with E-state index in [9.17, 15) is 13.2 Å². The van der Waals surface area contributed by atoms with E-state index in [1.807, 2.05) is 18.7 Å². The van der Waals surface area contributed by atoms with Gasteiger partial charge in [-0.05, 0) is 32.8 Å². The van der Waals surface area contributed by atoms with Crippen molar-refractivity contribution < 1.29 is 13.2 Å². The molecule has 0 spiro atoms. The van der Waals surface area contributed by atoms with Crippen LogP contribution in [0.25, 0.3) is 0 Å². The Bertz CT molecular complexity index is 948. The number of aromatic nitrogens is 2. The number of sulfone groups is 1. The number of halogens is 1. The first-order valence-corrected chi connectivity index (χ1v) is 11.3. The van der Waals surface area contributed by atoms with Crippen LogP contribution in [0.4, 0.5) is 0 Å². The Kier molecular flexibility index (Phi) is 5.37. The summed E-state index contributed by atoms with van der Waals surface area (Å²) in [5.74, 6) is -0.00992. The highest BCUT2D eigenvalue weighted by atomic mass is 35.5. The van der Waals surface area contributed by atoms with Crippen LogP contribution in [0.2, 0.25) is 5.02 Å². The minimum atomic E-state index is -3.42. The van der Waals surface area contributed by atoms with Crippen LogP contribution in [-0.4, -0.2) is 48.5 Å². The van der Waals surface area contributed by atoms with E-state index in [1.165, 1.54) is 23.6 Å². The lowest BCUT2D eigenvalue weighted by Gasteiger charge is -2.32. The second-order valence-corrected chi connectivity index (χ2v) is 10.1. The number of nitrogens with zero attached hydrogens (tertiary/aromatic N) is 3. The van der Waals surface area contributed by atoms with Crippen molar-refractivity contribution in [1.29, 1.82) is 0 Å². The van der Waals surface area contributed by atoms with Crippen LogP contribution in [0, 0.1) is 13.8 Å². The number of amides is 1. The number of carbonyl (C=O) groups is 1. The van der Waals surface area contributed by atoms with Crippen LogP contribution in [0.15, 0.2) is 17.2 Å². The van der Waals surface area contributed by atoms with Crippen molar-refractivity contribution in [3.05, 3.63) is 38.6 Å². The zero-order chi connectivity index (χ0) is 19.1. The maximum absolute atomic E-state index is 12.7. The Morgan fingerprint density at radius 3 is 2.50 bits per heavy atom. The summed E-state index contributed by atoms with van der Waals surface area (Å²) in [6.07, 6.45) is 3.98. The number of piperidine rings is 1. The molecule has 2 aromatic rings. The molecule has 0 unspecified atom stereocenters. The number of rotatable bonds is 3. The van der Waals surface area contributed by atoms with E-state index >= 15 is 0 Å². The van der Waals surface area contributed by atoms with Crippen molar-refractivity contribution >= 4 is 38.7 Å². The van der Waals surface area contributed by atoms with Crippen molar-refractivity contribution in [1.82, 2.24) is 14.9 Å². The number of hydrogen-bond donors (Lipinski definition) is 0. The quantitative estimate of drug-likeness (QED) is 0.771. The summed E-state index contributed by atoms with van der Waals surface area (Å²) in [6.45, 7) is 4.86. The molecule has 1 saturated heterocycles. The molecule has 0 atom stereocenters. The van der Waals surface area contributed by atoms with Gasteiger partial charge in [0.25, 0.3) is 5.91 Å². The molecular weight excluding hydrogens is 394 g/mol. The van der Waals surface area contributed by atoms with Gasteiger partial charge in [-0.2, -0.15) is 0 Å².